The Balaban J connectivity index is 1.91. The van der Waals surface area contributed by atoms with Crippen molar-refractivity contribution in [3.05, 3.63) is 49.5 Å². The van der Waals surface area contributed by atoms with Crippen molar-refractivity contribution in [3.63, 3.8) is 0 Å². The number of rotatable bonds is 8. The van der Waals surface area contributed by atoms with Crippen molar-refractivity contribution in [2.24, 2.45) is 5.10 Å². The first-order valence-corrected chi connectivity index (χ1v) is 9.16. The maximum atomic E-state index is 11.9. The summed E-state index contributed by atoms with van der Waals surface area (Å²) in [6, 6.07) is 7.29. The number of ether oxygens (including phenoxy) is 2. The highest BCUT2D eigenvalue weighted by atomic mass is 35.5. The van der Waals surface area contributed by atoms with Crippen molar-refractivity contribution in [3.8, 4) is 5.75 Å². The molecule has 144 valence electrons. The summed E-state index contributed by atoms with van der Waals surface area (Å²) in [5.74, 6) is -0.460. The highest BCUT2D eigenvalue weighted by Crippen LogP contribution is 2.16. The van der Waals surface area contributed by atoms with E-state index >= 15 is 0 Å². The summed E-state index contributed by atoms with van der Waals surface area (Å²) in [6.07, 6.45) is 1.24. The molecule has 27 heavy (non-hydrogen) atoms. The van der Waals surface area contributed by atoms with E-state index in [1.54, 1.807) is 19.1 Å². The predicted molar refractivity (Wildman–Crippen MR) is 103 cm³/mol. The minimum Gasteiger partial charge on any atom is -0.484 e. The van der Waals surface area contributed by atoms with Crippen molar-refractivity contribution in [2.45, 2.75) is 20.4 Å². The molecule has 0 spiro atoms. The van der Waals surface area contributed by atoms with Crippen molar-refractivity contribution in [1.29, 1.82) is 0 Å². The molecular weight excluding hydrogens is 394 g/mol. The lowest BCUT2D eigenvalue weighted by Gasteiger charge is -2.05. The minimum absolute atomic E-state index is 0.0482. The molecule has 0 saturated heterocycles. The number of aryl methyl sites for hydroxylation is 1. The van der Waals surface area contributed by atoms with E-state index in [1.807, 2.05) is 19.1 Å². The first-order valence-electron chi connectivity index (χ1n) is 7.96. The highest BCUT2D eigenvalue weighted by molar-refractivity contribution is 7.11. The Morgan fingerprint density at radius 2 is 2.19 bits per heavy atom. The second kappa shape index (κ2) is 9.89. The van der Waals surface area contributed by atoms with Gasteiger partial charge in [-0.05, 0) is 31.5 Å². The van der Waals surface area contributed by atoms with Crippen LogP contribution in [0.4, 0.5) is 0 Å². The molecule has 0 radical (unpaired) electrons. The zero-order valence-corrected chi connectivity index (χ0v) is 16.3. The Morgan fingerprint density at radius 1 is 1.41 bits per heavy atom. The van der Waals surface area contributed by atoms with Crippen LogP contribution < -0.4 is 15.0 Å². The molecule has 8 nitrogen and oxygen atoms in total. The number of carbonyl (C=O) groups excluding carboxylic acids is 2. The maximum Gasteiger partial charge on any atom is 0.326 e. The molecule has 0 saturated carbocycles. The highest BCUT2D eigenvalue weighted by Gasteiger charge is 2.15. The van der Waals surface area contributed by atoms with Gasteiger partial charge < -0.3 is 9.47 Å². The molecule has 0 fully saturated rings. The number of benzene rings is 1. The first-order chi connectivity index (χ1) is 12.9. The number of hydrogen-bond donors (Lipinski definition) is 1. The molecule has 1 aromatic heterocycles. The van der Waals surface area contributed by atoms with Gasteiger partial charge in [0.25, 0.3) is 5.91 Å². The molecule has 0 aliphatic rings. The number of thiazole rings is 1. The van der Waals surface area contributed by atoms with Crippen molar-refractivity contribution in [1.82, 2.24) is 9.99 Å². The van der Waals surface area contributed by atoms with Crippen LogP contribution in [0.15, 0.2) is 34.2 Å². The molecule has 2 aromatic rings. The molecule has 1 heterocycles. The lowest BCUT2D eigenvalue weighted by atomic mass is 10.2. The predicted octanol–water partition coefficient (Wildman–Crippen LogP) is 1.96. The number of amides is 1. The van der Waals surface area contributed by atoms with Crippen molar-refractivity contribution >= 4 is 41.0 Å². The van der Waals surface area contributed by atoms with E-state index in [0.717, 1.165) is 21.5 Å². The number of hydrogen-bond acceptors (Lipinski definition) is 7. The van der Waals surface area contributed by atoms with Crippen LogP contribution in [0.2, 0.25) is 5.15 Å². The average molecular weight is 412 g/mol. The van der Waals surface area contributed by atoms with Gasteiger partial charge in [-0.25, -0.2) is 5.43 Å². The number of hydrazone groups is 1. The van der Waals surface area contributed by atoms with Gasteiger partial charge in [-0.2, -0.15) is 5.10 Å². The molecule has 1 amide bonds. The Bertz CT molecular complexity index is 906. The van der Waals surface area contributed by atoms with Crippen molar-refractivity contribution < 1.29 is 19.1 Å². The fraction of sp³-hybridized carbons (Fsp3) is 0.294. The number of nitrogens with one attached hydrogen (secondary N) is 1. The zero-order chi connectivity index (χ0) is 19.8. The van der Waals surface area contributed by atoms with Crippen LogP contribution in [0.5, 0.6) is 5.75 Å². The second-order valence-electron chi connectivity index (χ2n) is 5.31. The normalized spacial score (nSPS) is 10.8. The van der Waals surface area contributed by atoms with Crippen LogP contribution in [-0.2, 0) is 20.9 Å². The zero-order valence-electron chi connectivity index (χ0n) is 14.7. The lowest BCUT2D eigenvalue weighted by Crippen LogP contribution is -2.24. The van der Waals surface area contributed by atoms with Crippen LogP contribution in [0, 0.1) is 6.92 Å². The van der Waals surface area contributed by atoms with E-state index < -0.39 is 16.7 Å². The quantitative estimate of drug-likeness (QED) is 0.406. The fourth-order valence-corrected chi connectivity index (χ4v) is 3.11. The molecule has 0 bridgehead atoms. The molecule has 1 aromatic carbocycles. The van der Waals surface area contributed by atoms with Crippen LogP contribution in [0.1, 0.15) is 17.4 Å². The standard InChI is InChI=1S/C17H18ClN3O5S/c1-3-25-15(23)9-21-16(18)13(27-17(21)24)8-19-20-14(22)10-26-12-6-4-5-11(2)7-12/h4-8H,3,9-10H2,1-2H3,(H,20,22)/b19-8+. The Morgan fingerprint density at radius 3 is 2.89 bits per heavy atom. The van der Waals surface area contributed by atoms with Gasteiger partial charge in [-0.1, -0.05) is 35.1 Å². The van der Waals surface area contributed by atoms with E-state index in [0.29, 0.717) is 10.6 Å². The third-order valence-electron chi connectivity index (χ3n) is 3.18. The van der Waals surface area contributed by atoms with E-state index in [4.69, 9.17) is 21.1 Å². The van der Waals surface area contributed by atoms with Gasteiger partial charge in [0.1, 0.15) is 17.4 Å². The third kappa shape index (κ3) is 6.22. The molecule has 2 rings (SSSR count). The van der Waals surface area contributed by atoms with Gasteiger partial charge in [0.15, 0.2) is 6.61 Å². The molecule has 0 atom stereocenters. The Hall–Kier alpha value is -2.65. The van der Waals surface area contributed by atoms with Gasteiger partial charge in [0.05, 0.1) is 17.7 Å². The summed E-state index contributed by atoms with van der Waals surface area (Å²) in [6.45, 7) is 3.29. The summed E-state index contributed by atoms with van der Waals surface area (Å²) in [5, 5.41) is 3.80. The van der Waals surface area contributed by atoms with Crippen LogP contribution in [0.3, 0.4) is 0 Å². The lowest BCUT2D eigenvalue weighted by molar-refractivity contribution is -0.143. The molecule has 0 unspecified atom stereocenters. The smallest absolute Gasteiger partial charge is 0.326 e. The van der Waals surface area contributed by atoms with Crippen LogP contribution >= 0.6 is 22.9 Å². The summed E-state index contributed by atoms with van der Waals surface area (Å²) in [4.78, 5) is 35.0. The van der Waals surface area contributed by atoms with E-state index in [1.165, 1.54) is 6.21 Å². The first kappa shape index (κ1) is 20.7. The molecule has 0 aliphatic heterocycles. The third-order valence-corrected chi connectivity index (χ3v) is 4.61. The van der Waals surface area contributed by atoms with Gasteiger partial charge >= 0.3 is 10.8 Å². The number of aromatic nitrogens is 1. The van der Waals surface area contributed by atoms with Crippen molar-refractivity contribution in [2.75, 3.05) is 13.2 Å². The van der Waals surface area contributed by atoms with Crippen LogP contribution in [-0.4, -0.2) is 35.9 Å². The monoisotopic (exact) mass is 411 g/mol. The van der Waals surface area contributed by atoms with Gasteiger partial charge in [-0.3, -0.25) is 19.0 Å². The molecule has 10 heteroatoms. The summed E-state index contributed by atoms with van der Waals surface area (Å²) < 4.78 is 11.2. The topological polar surface area (TPSA) is 99.0 Å². The maximum absolute atomic E-state index is 11.9. The number of halogens is 1. The average Bonchev–Trinajstić information content (AvgIpc) is 2.88. The second-order valence-corrected chi connectivity index (χ2v) is 6.66. The van der Waals surface area contributed by atoms with E-state index in [9.17, 15) is 14.4 Å². The summed E-state index contributed by atoms with van der Waals surface area (Å²) in [5.41, 5.74) is 3.30. The van der Waals surface area contributed by atoms with Gasteiger partial charge in [-0.15, -0.1) is 0 Å². The molecule has 1 N–H and O–H groups in total. The number of esters is 1. The summed E-state index contributed by atoms with van der Waals surface area (Å²) in [7, 11) is 0. The number of nitrogens with zero attached hydrogens (tertiary/aromatic N) is 2. The van der Waals surface area contributed by atoms with E-state index in [-0.39, 0.29) is 24.9 Å². The van der Waals surface area contributed by atoms with Gasteiger partial charge in [0, 0.05) is 0 Å². The Kier molecular flexibility index (Phi) is 7.56. The van der Waals surface area contributed by atoms with E-state index in [2.05, 4.69) is 10.5 Å². The van der Waals surface area contributed by atoms with Crippen LogP contribution in [0.25, 0.3) is 0 Å². The summed E-state index contributed by atoms with van der Waals surface area (Å²) >= 11 is 6.88. The minimum atomic E-state index is -0.565. The fourth-order valence-electron chi connectivity index (χ4n) is 2.00. The SMILES string of the molecule is CCOC(=O)Cn1c(Cl)c(/C=N/NC(=O)COc2cccc(C)c2)sc1=O. The van der Waals surface area contributed by atoms with Gasteiger partial charge in [0.2, 0.25) is 0 Å². The molecule has 0 aliphatic carbocycles. The molecular formula is C17H18ClN3O5S. The Labute approximate surface area is 164 Å². The number of carbonyl (C=O) groups is 2. The largest absolute Gasteiger partial charge is 0.484 e.